The number of benzene rings is 3. The summed E-state index contributed by atoms with van der Waals surface area (Å²) in [6, 6.07) is 14.9. The van der Waals surface area contributed by atoms with Crippen LogP contribution in [0, 0.1) is 0 Å². The van der Waals surface area contributed by atoms with E-state index in [2.05, 4.69) is 15.9 Å². The fourth-order valence-corrected chi connectivity index (χ4v) is 3.95. The molecule has 3 aromatic carbocycles. The summed E-state index contributed by atoms with van der Waals surface area (Å²) in [5, 5.41) is 0.495. The molecule has 0 atom stereocenters. The molecule has 5 rings (SSSR count). The normalized spacial score (nSPS) is 15.6. The molecular formula is C24H14BrClO6. The van der Waals surface area contributed by atoms with Crippen LogP contribution < -0.4 is 14.2 Å². The van der Waals surface area contributed by atoms with Crippen LogP contribution in [0.1, 0.15) is 31.8 Å². The lowest BCUT2D eigenvalue weighted by Crippen LogP contribution is -2.12. The van der Waals surface area contributed by atoms with Gasteiger partial charge in [-0.3, -0.25) is 4.79 Å². The standard InChI is InChI=1S/C24H14BrClO6/c25-16-3-1-13(2-4-16)24(28)31-18-5-6-19-20(10-18)32-21(22(19)27)9-14-7-17(26)8-15-11-29-12-30-23(14)15/h1-10H,11-12H2/b21-9-. The Labute approximate surface area is 196 Å². The number of esters is 1. The molecule has 3 aromatic rings. The number of ketones is 1. The van der Waals surface area contributed by atoms with Gasteiger partial charge in [-0.15, -0.1) is 0 Å². The van der Waals surface area contributed by atoms with Gasteiger partial charge in [0.1, 0.15) is 17.2 Å². The maximum atomic E-state index is 12.8. The molecule has 0 fully saturated rings. The van der Waals surface area contributed by atoms with Crippen LogP contribution in [0.4, 0.5) is 0 Å². The monoisotopic (exact) mass is 512 g/mol. The number of carbonyl (C=O) groups is 2. The molecule has 0 aromatic heterocycles. The first kappa shape index (κ1) is 20.8. The topological polar surface area (TPSA) is 71.1 Å². The van der Waals surface area contributed by atoms with Crippen LogP contribution in [-0.4, -0.2) is 18.5 Å². The minimum absolute atomic E-state index is 0.118. The summed E-state index contributed by atoms with van der Waals surface area (Å²) >= 11 is 9.53. The maximum absolute atomic E-state index is 12.8. The zero-order valence-electron chi connectivity index (χ0n) is 16.4. The SMILES string of the molecule is O=C(Oc1ccc2c(c1)O/C(=C\c1cc(Cl)cc3c1OCOC3)C2=O)c1ccc(Br)cc1. The van der Waals surface area contributed by atoms with E-state index in [0.717, 1.165) is 10.0 Å². The lowest BCUT2D eigenvalue weighted by atomic mass is 10.1. The maximum Gasteiger partial charge on any atom is 0.343 e. The number of Topliss-reactive ketones (excluding diaryl/α,β-unsaturated/α-hetero) is 1. The van der Waals surface area contributed by atoms with Crippen molar-refractivity contribution >= 4 is 45.4 Å². The van der Waals surface area contributed by atoms with Crippen LogP contribution in [0.3, 0.4) is 0 Å². The lowest BCUT2D eigenvalue weighted by molar-refractivity contribution is -0.0165. The molecule has 2 aliphatic heterocycles. The minimum atomic E-state index is -0.512. The third kappa shape index (κ3) is 4.02. The molecular weight excluding hydrogens is 500 g/mol. The molecule has 0 aliphatic carbocycles. The first-order valence-corrected chi connectivity index (χ1v) is 10.7. The Hall–Kier alpha value is -3.13. The highest BCUT2D eigenvalue weighted by Crippen LogP contribution is 2.38. The number of carbonyl (C=O) groups excluding carboxylic acids is 2. The van der Waals surface area contributed by atoms with Gasteiger partial charge in [-0.2, -0.15) is 0 Å². The molecule has 32 heavy (non-hydrogen) atoms. The van der Waals surface area contributed by atoms with Gasteiger partial charge in [0.2, 0.25) is 5.78 Å². The molecule has 0 bridgehead atoms. The van der Waals surface area contributed by atoms with Crippen LogP contribution in [0.25, 0.3) is 6.08 Å². The molecule has 160 valence electrons. The number of rotatable bonds is 3. The number of allylic oxidation sites excluding steroid dienone is 1. The molecule has 0 radical (unpaired) electrons. The van der Waals surface area contributed by atoms with E-state index >= 15 is 0 Å². The number of hydrogen-bond donors (Lipinski definition) is 0. The minimum Gasteiger partial charge on any atom is -0.467 e. The summed E-state index contributed by atoms with van der Waals surface area (Å²) in [5.74, 6) is 0.503. The van der Waals surface area contributed by atoms with E-state index in [9.17, 15) is 9.59 Å². The average Bonchev–Trinajstić information content (AvgIpc) is 3.08. The molecule has 8 heteroatoms. The summed E-state index contributed by atoms with van der Waals surface area (Å²) in [7, 11) is 0. The van der Waals surface area contributed by atoms with Crippen molar-refractivity contribution in [3.05, 3.63) is 92.1 Å². The van der Waals surface area contributed by atoms with Crippen molar-refractivity contribution in [3.63, 3.8) is 0 Å². The van der Waals surface area contributed by atoms with Crippen molar-refractivity contribution in [1.29, 1.82) is 0 Å². The molecule has 0 N–H and O–H groups in total. The molecule has 0 spiro atoms. The molecule has 2 heterocycles. The quantitative estimate of drug-likeness (QED) is 0.250. The van der Waals surface area contributed by atoms with Crippen molar-refractivity contribution in [1.82, 2.24) is 0 Å². The van der Waals surface area contributed by atoms with E-state index in [0.29, 0.717) is 39.8 Å². The number of ether oxygens (including phenoxy) is 4. The predicted octanol–water partition coefficient (Wildman–Crippen LogP) is 5.80. The highest BCUT2D eigenvalue weighted by atomic mass is 79.9. The van der Waals surface area contributed by atoms with E-state index in [1.54, 1.807) is 54.6 Å². The van der Waals surface area contributed by atoms with Crippen LogP contribution >= 0.6 is 27.5 Å². The van der Waals surface area contributed by atoms with E-state index < -0.39 is 5.97 Å². The Morgan fingerprint density at radius 3 is 2.72 bits per heavy atom. The van der Waals surface area contributed by atoms with Crippen LogP contribution in [0.2, 0.25) is 5.02 Å². The average molecular weight is 514 g/mol. The van der Waals surface area contributed by atoms with Gasteiger partial charge in [0, 0.05) is 26.7 Å². The van der Waals surface area contributed by atoms with Gasteiger partial charge < -0.3 is 18.9 Å². The van der Waals surface area contributed by atoms with Gasteiger partial charge in [0.25, 0.3) is 0 Å². The largest absolute Gasteiger partial charge is 0.467 e. The first-order chi connectivity index (χ1) is 15.5. The molecule has 0 saturated carbocycles. The van der Waals surface area contributed by atoms with Gasteiger partial charge >= 0.3 is 5.97 Å². The number of halogens is 2. The highest BCUT2D eigenvalue weighted by molar-refractivity contribution is 9.10. The van der Waals surface area contributed by atoms with E-state index in [1.807, 2.05) is 0 Å². The second-order valence-corrected chi connectivity index (χ2v) is 8.44. The lowest BCUT2D eigenvalue weighted by Gasteiger charge is -2.20. The third-order valence-electron chi connectivity index (χ3n) is 4.92. The Bertz CT molecular complexity index is 1280. The Morgan fingerprint density at radius 1 is 1.09 bits per heavy atom. The zero-order chi connectivity index (χ0) is 22.2. The van der Waals surface area contributed by atoms with Gasteiger partial charge in [-0.25, -0.2) is 4.79 Å². The smallest absolute Gasteiger partial charge is 0.343 e. The third-order valence-corrected chi connectivity index (χ3v) is 5.67. The summed E-state index contributed by atoms with van der Waals surface area (Å²) in [6.45, 7) is 0.487. The van der Waals surface area contributed by atoms with Crippen molar-refractivity contribution in [2.75, 3.05) is 6.79 Å². The fourth-order valence-electron chi connectivity index (χ4n) is 3.44. The Balaban J connectivity index is 1.40. The fraction of sp³-hybridized carbons (Fsp3) is 0.0833. The Morgan fingerprint density at radius 2 is 1.91 bits per heavy atom. The molecule has 0 unspecified atom stereocenters. The van der Waals surface area contributed by atoms with Crippen LogP contribution in [0.5, 0.6) is 17.2 Å². The summed E-state index contributed by atoms with van der Waals surface area (Å²) in [4.78, 5) is 25.2. The van der Waals surface area contributed by atoms with Gasteiger partial charge in [-0.05, 0) is 54.6 Å². The van der Waals surface area contributed by atoms with E-state index in [4.69, 9.17) is 30.5 Å². The van der Waals surface area contributed by atoms with Crippen LogP contribution in [0.15, 0.2) is 64.8 Å². The predicted molar refractivity (Wildman–Crippen MR) is 120 cm³/mol. The van der Waals surface area contributed by atoms with E-state index in [-0.39, 0.29) is 24.1 Å². The summed E-state index contributed by atoms with van der Waals surface area (Å²) in [5.41, 5.74) is 2.19. The molecule has 6 nitrogen and oxygen atoms in total. The Kier molecular flexibility index (Phi) is 5.46. The summed E-state index contributed by atoms with van der Waals surface area (Å²) in [6.07, 6.45) is 1.59. The van der Waals surface area contributed by atoms with Crippen molar-refractivity contribution in [2.24, 2.45) is 0 Å². The molecule has 2 aliphatic rings. The highest BCUT2D eigenvalue weighted by Gasteiger charge is 2.29. The number of hydrogen-bond acceptors (Lipinski definition) is 6. The second-order valence-electron chi connectivity index (χ2n) is 7.09. The molecule has 0 saturated heterocycles. The second kappa shape index (κ2) is 8.43. The van der Waals surface area contributed by atoms with E-state index in [1.165, 1.54) is 6.07 Å². The first-order valence-electron chi connectivity index (χ1n) is 9.57. The summed E-state index contributed by atoms with van der Waals surface area (Å²) < 4.78 is 22.9. The molecule has 0 amide bonds. The van der Waals surface area contributed by atoms with Crippen molar-refractivity contribution in [3.8, 4) is 17.2 Å². The van der Waals surface area contributed by atoms with Crippen molar-refractivity contribution < 1.29 is 28.5 Å². The van der Waals surface area contributed by atoms with Crippen molar-refractivity contribution in [2.45, 2.75) is 6.61 Å². The van der Waals surface area contributed by atoms with Crippen LogP contribution in [-0.2, 0) is 11.3 Å². The van der Waals surface area contributed by atoms with Gasteiger partial charge in [0.05, 0.1) is 17.7 Å². The van der Waals surface area contributed by atoms with Gasteiger partial charge in [0.15, 0.2) is 12.6 Å². The number of fused-ring (bicyclic) bond motifs is 2. The zero-order valence-corrected chi connectivity index (χ0v) is 18.7. The van der Waals surface area contributed by atoms with Gasteiger partial charge in [-0.1, -0.05) is 27.5 Å².